The summed E-state index contributed by atoms with van der Waals surface area (Å²) in [5.41, 5.74) is 0. The smallest absolute Gasteiger partial charge is 0.0873 e. The predicted octanol–water partition coefficient (Wildman–Crippen LogP) is 7.26. The van der Waals surface area contributed by atoms with Gasteiger partial charge in [0, 0.05) is 0 Å². The van der Waals surface area contributed by atoms with Crippen LogP contribution in [0.25, 0.3) is 0 Å². The molecule has 126 valence electrons. The molecule has 21 heavy (non-hydrogen) atoms. The molecule has 0 radical (unpaired) electrons. The molecule has 1 nitrogen and oxygen atoms in total. The molecule has 0 atom stereocenters. The molecule has 0 N–H and O–H groups in total. The Kier molecular flexibility index (Phi) is 17.2. The van der Waals surface area contributed by atoms with E-state index >= 15 is 0 Å². The molecule has 0 bridgehead atoms. The van der Waals surface area contributed by atoms with Crippen molar-refractivity contribution in [3.8, 4) is 0 Å². The molecule has 0 aromatic carbocycles. The highest BCUT2D eigenvalue weighted by Gasteiger charge is 1.96. The first-order valence-electron chi connectivity index (χ1n) is 9.50. The molecule has 0 aromatic heterocycles. The van der Waals surface area contributed by atoms with Gasteiger partial charge in [0.1, 0.15) is 0 Å². The van der Waals surface area contributed by atoms with Crippen molar-refractivity contribution in [2.45, 2.75) is 104 Å². The number of hydrogen-bond acceptors (Lipinski definition) is 1. The molecule has 0 aliphatic heterocycles. The summed E-state index contributed by atoms with van der Waals surface area (Å²) in [7, 11) is 0. The van der Waals surface area contributed by atoms with Gasteiger partial charge in [-0.1, -0.05) is 104 Å². The molecule has 0 rings (SSSR count). The van der Waals surface area contributed by atoms with Crippen molar-refractivity contribution in [3.05, 3.63) is 12.8 Å². The number of ether oxygens (including phenoxy) is 1. The number of rotatable bonds is 17. The second-order valence-electron chi connectivity index (χ2n) is 6.82. The second kappa shape index (κ2) is 17.6. The summed E-state index contributed by atoms with van der Waals surface area (Å²) in [6.45, 7) is 9.05. The molecule has 0 fully saturated rings. The van der Waals surface area contributed by atoms with Crippen LogP contribution in [0.15, 0.2) is 12.8 Å². The van der Waals surface area contributed by atoms with Crippen LogP contribution in [-0.4, -0.2) is 6.61 Å². The van der Waals surface area contributed by atoms with Crippen molar-refractivity contribution in [1.29, 1.82) is 0 Å². The Morgan fingerprint density at radius 2 is 1.05 bits per heavy atom. The van der Waals surface area contributed by atoms with E-state index in [9.17, 15) is 0 Å². The molecular weight excluding hydrogens is 256 g/mol. The Balaban J connectivity index is 2.95. The zero-order valence-electron chi connectivity index (χ0n) is 14.9. The quantitative estimate of drug-likeness (QED) is 0.203. The third kappa shape index (κ3) is 19.5. The first-order valence-corrected chi connectivity index (χ1v) is 9.50. The third-order valence-corrected chi connectivity index (χ3v) is 4.16. The average Bonchev–Trinajstić information content (AvgIpc) is 2.46. The Bertz CT molecular complexity index is 198. The van der Waals surface area contributed by atoms with Crippen LogP contribution in [0.4, 0.5) is 0 Å². The maximum Gasteiger partial charge on any atom is 0.0873 e. The van der Waals surface area contributed by atoms with E-state index in [2.05, 4.69) is 20.4 Å². The van der Waals surface area contributed by atoms with Gasteiger partial charge in [0.2, 0.25) is 0 Å². The van der Waals surface area contributed by atoms with Gasteiger partial charge in [-0.05, 0) is 12.3 Å². The van der Waals surface area contributed by atoms with E-state index in [0.29, 0.717) is 0 Å². The van der Waals surface area contributed by atoms with Crippen LogP contribution < -0.4 is 0 Å². The Hall–Kier alpha value is -0.460. The summed E-state index contributed by atoms with van der Waals surface area (Å²) in [4.78, 5) is 0. The molecule has 0 unspecified atom stereocenters. The summed E-state index contributed by atoms with van der Waals surface area (Å²) in [6.07, 6.45) is 21.3. The van der Waals surface area contributed by atoms with Crippen LogP contribution in [0.3, 0.4) is 0 Å². The fourth-order valence-electron chi connectivity index (χ4n) is 2.77. The van der Waals surface area contributed by atoms with Crippen LogP contribution in [0.1, 0.15) is 104 Å². The highest BCUT2D eigenvalue weighted by Crippen LogP contribution is 2.14. The summed E-state index contributed by atoms with van der Waals surface area (Å²) >= 11 is 0. The topological polar surface area (TPSA) is 9.23 Å². The minimum absolute atomic E-state index is 0.848. The van der Waals surface area contributed by atoms with E-state index in [0.717, 1.165) is 12.5 Å². The second-order valence-corrected chi connectivity index (χ2v) is 6.82. The van der Waals surface area contributed by atoms with E-state index in [4.69, 9.17) is 4.74 Å². The van der Waals surface area contributed by atoms with Crippen LogP contribution in [0.2, 0.25) is 0 Å². The molecule has 0 amide bonds. The van der Waals surface area contributed by atoms with Crippen molar-refractivity contribution >= 4 is 0 Å². The summed E-state index contributed by atoms with van der Waals surface area (Å²) < 4.78 is 5.12. The van der Waals surface area contributed by atoms with Gasteiger partial charge in [0.15, 0.2) is 0 Å². The molecule has 0 spiro atoms. The Morgan fingerprint density at radius 3 is 1.43 bits per heavy atom. The Labute approximate surface area is 134 Å². The van der Waals surface area contributed by atoms with Crippen LogP contribution in [-0.2, 0) is 4.74 Å². The van der Waals surface area contributed by atoms with Gasteiger partial charge in [-0.15, -0.1) is 0 Å². The fraction of sp³-hybridized carbons (Fsp3) is 0.900. The molecule has 0 heterocycles. The zero-order valence-corrected chi connectivity index (χ0v) is 14.9. The van der Waals surface area contributed by atoms with Gasteiger partial charge in [0.05, 0.1) is 12.9 Å². The van der Waals surface area contributed by atoms with Crippen LogP contribution in [0, 0.1) is 5.92 Å². The lowest BCUT2D eigenvalue weighted by molar-refractivity contribution is 0.241. The predicted molar refractivity (Wildman–Crippen MR) is 95.6 cm³/mol. The monoisotopic (exact) mass is 296 g/mol. The first kappa shape index (κ1) is 20.5. The third-order valence-electron chi connectivity index (χ3n) is 4.16. The van der Waals surface area contributed by atoms with Crippen molar-refractivity contribution in [1.82, 2.24) is 0 Å². The van der Waals surface area contributed by atoms with Crippen LogP contribution >= 0.6 is 0 Å². The lowest BCUT2D eigenvalue weighted by Crippen LogP contribution is -1.88. The van der Waals surface area contributed by atoms with Gasteiger partial charge in [0.25, 0.3) is 0 Å². The molecular formula is C20H40O. The number of unbranched alkanes of at least 4 members (excludes halogenated alkanes) is 12. The normalized spacial score (nSPS) is 11.0. The number of hydrogen-bond donors (Lipinski definition) is 0. The summed E-state index contributed by atoms with van der Waals surface area (Å²) in [5, 5.41) is 0. The maximum absolute atomic E-state index is 5.12. The lowest BCUT2D eigenvalue weighted by atomic mass is 10.0. The zero-order chi connectivity index (χ0) is 15.6. The van der Waals surface area contributed by atoms with Crippen molar-refractivity contribution < 1.29 is 4.74 Å². The summed E-state index contributed by atoms with van der Waals surface area (Å²) in [6, 6.07) is 0. The maximum atomic E-state index is 5.12. The van der Waals surface area contributed by atoms with E-state index in [1.807, 2.05) is 0 Å². The lowest BCUT2D eigenvalue weighted by Gasteiger charge is -2.05. The van der Waals surface area contributed by atoms with Crippen molar-refractivity contribution in [2.24, 2.45) is 5.92 Å². The fourth-order valence-corrected chi connectivity index (χ4v) is 2.77. The van der Waals surface area contributed by atoms with Gasteiger partial charge in [-0.25, -0.2) is 0 Å². The minimum Gasteiger partial charge on any atom is -0.502 e. The largest absolute Gasteiger partial charge is 0.502 e. The van der Waals surface area contributed by atoms with Crippen molar-refractivity contribution in [2.75, 3.05) is 6.61 Å². The average molecular weight is 297 g/mol. The highest BCUT2D eigenvalue weighted by molar-refractivity contribution is 4.52. The highest BCUT2D eigenvalue weighted by atomic mass is 16.5. The molecule has 0 aromatic rings. The molecule has 0 aliphatic carbocycles. The van der Waals surface area contributed by atoms with Gasteiger partial charge >= 0.3 is 0 Å². The molecule has 1 heteroatoms. The molecule has 0 saturated carbocycles. The summed E-state index contributed by atoms with van der Waals surface area (Å²) in [5.74, 6) is 0.888. The van der Waals surface area contributed by atoms with E-state index in [1.54, 1.807) is 6.26 Å². The van der Waals surface area contributed by atoms with Gasteiger partial charge in [-0.3, -0.25) is 0 Å². The van der Waals surface area contributed by atoms with Crippen LogP contribution in [0.5, 0.6) is 0 Å². The van der Waals surface area contributed by atoms with E-state index in [-0.39, 0.29) is 0 Å². The molecule has 0 saturated heterocycles. The Morgan fingerprint density at radius 1 is 0.667 bits per heavy atom. The van der Waals surface area contributed by atoms with Gasteiger partial charge in [-0.2, -0.15) is 0 Å². The van der Waals surface area contributed by atoms with E-state index in [1.165, 1.54) is 89.9 Å². The minimum atomic E-state index is 0.848. The van der Waals surface area contributed by atoms with Gasteiger partial charge < -0.3 is 4.74 Å². The first-order chi connectivity index (χ1) is 10.3. The standard InChI is InChI=1S/C20H40O/c1-4-21-19-17-15-13-11-9-7-5-6-8-10-12-14-16-18-20(2)3/h4,20H,1,5-19H2,2-3H3. The SMILES string of the molecule is C=COCCCCCCCCCCCCCCCC(C)C. The molecule has 0 aliphatic rings. The van der Waals surface area contributed by atoms with E-state index < -0.39 is 0 Å². The van der Waals surface area contributed by atoms with Crippen molar-refractivity contribution in [3.63, 3.8) is 0 Å².